The number of para-hydroxylation sites is 1. The number of amides is 3. The van der Waals surface area contributed by atoms with E-state index < -0.39 is 0 Å². The van der Waals surface area contributed by atoms with Crippen LogP contribution in [0.25, 0.3) is 10.2 Å². The van der Waals surface area contributed by atoms with Crippen molar-refractivity contribution in [1.29, 1.82) is 0 Å². The van der Waals surface area contributed by atoms with Gasteiger partial charge in [0.15, 0.2) is 4.34 Å². The van der Waals surface area contributed by atoms with E-state index in [-0.39, 0.29) is 29.0 Å². The maximum atomic E-state index is 13.2. The summed E-state index contributed by atoms with van der Waals surface area (Å²) in [6.45, 7) is 2.32. The quantitative estimate of drug-likeness (QED) is 0.177. The zero-order valence-corrected chi connectivity index (χ0v) is 23.3. The maximum Gasteiger partial charge on any atom is 0.256 e. The third-order valence-electron chi connectivity index (χ3n) is 6.08. The van der Waals surface area contributed by atoms with E-state index in [9.17, 15) is 14.4 Å². The highest BCUT2D eigenvalue weighted by Gasteiger charge is 2.17. The lowest BCUT2D eigenvalue weighted by Crippen LogP contribution is -2.26. The minimum absolute atomic E-state index is 0.0991. The topological polar surface area (TPSA) is 100 Å². The molecule has 3 amide bonds. The van der Waals surface area contributed by atoms with Gasteiger partial charge in [-0.25, -0.2) is 4.98 Å². The van der Waals surface area contributed by atoms with Gasteiger partial charge in [-0.05, 0) is 54.4 Å². The molecule has 0 aliphatic heterocycles. The molecule has 4 aromatic carbocycles. The van der Waals surface area contributed by atoms with Gasteiger partial charge in [-0.15, -0.1) is 11.3 Å². The Bertz CT molecular complexity index is 1680. The van der Waals surface area contributed by atoms with Crippen LogP contribution in [0.2, 0.25) is 0 Å². The second-order valence-electron chi connectivity index (χ2n) is 8.98. The van der Waals surface area contributed by atoms with Gasteiger partial charge in [0.1, 0.15) is 0 Å². The van der Waals surface area contributed by atoms with E-state index in [0.717, 1.165) is 31.4 Å². The van der Waals surface area contributed by atoms with Crippen molar-refractivity contribution in [1.82, 2.24) is 10.3 Å². The molecular weight excluding hydrogens is 541 g/mol. The number of nitrogens with one attached hydrogen (secondary N) is 3. The third kappa shape index (κ3) is 6.74. The van der Waals surface area contributed by atoms with E-state index >= 15 is 0 Å². The minimum atomic E-state index is -0.378. The number of aryl methyl sites for hydroxylation is 1. The van der Waals surface area contributed by atoms with Gasteiger partial charge in [0, 0.05) is 17.9 Å². The van der Waals surface area contributed by atoms with Crippen LogP contribution in [0.1, 0.15) is 31.8 Å². The average Bonchev–Trinajstić information content (AvgIpc) is 3.39. The summed E-state index contributed by atoms with van der Waals surface area (Å²) in [6, 6.07) is 29.4. The first-order chi connectivity index (χ1) is 19.5. The van der Waals surface area contributed by atoms with Crippen LogP contribution in [0.4, 0.5) is 11.4 Å². The summed E-state index contributed by atoms with van der Waals surface area (Å²) >= 11 is 2.82. The summed E-state index contributed by atoms with van der Waals surface area (Å²) in [5.41, 5.74) is 4.74. The summed E-state index contributed by atoms with van der Waals surface area (Å²) in [4.78, 5) is 43.1. The number of fused-ring (bicyclic) bond motifs is 1. The van der Waals surface area contributed by atoms with E-state index in [1.165, 1.54) is 23.1 Å². The van der Waals surface area contributed by atoms with Crippen LogP contribution in [0, 0.1) is 6.92 Å². The van der Waals surface area contributed by atoms with Crippen LogP contribution in [-0.2, 0) is 11.3 Å². The molecule has 0 aliphatic carbocycles. The lowest BCUT2D eigenvalue weighted by Gasteiger charge is -2.11. The molecule has 0 atom stereocenters. The Morgan fingerprint density at radius 2 is 1.50 bits per heavy atom. The molecule has 1 heterocycles. The molecule has 1 aromatic heterocycles. The summed E-state index contributed by atoms with van der Waals surface area (Å²) in [6.07, 6.45) is 0. The second kappa shape index (κ2) is 12.6. The van der Waals surface area contributed by atoms with Crippen molar-refractivity contribution in [2.75, 3.05) is 16.4 Å². The molecule has 0 radical (unpaired) electrons. The number of benzene rings is 4. The Morgan fingerprint density at radius 1 is 0.800 bits per heavy atom. The fraction of sp³-hybridized carbons (Fsp3) is 0.0968. The van der Waals surface area contributed by atoms with Crippen molar-refractivity contribution in [3.05, 3.63) is 119 Å². The van der Waals surface area contributed by atoms with Crippen LogP contribution in [-0.4, -0.2) is 28.5 Å². The van der Waals surface area contributed by atoms with Crippen molar-refractivity contribution in [3.63, 3.8) is 0 Å². The molecule has 0 bridgehead atoms. The van der Waals surface area contributed by atoms with Crippen molar-refractivity contribution in [2.45, 2.75) is 17.8 Å². The fourth-order valence-electron chi connectivity index (χ4n) is 4.02. The molecule has 0 spiro atoms. The first kappa shape index (κ1) is 27.1. The molecule has 5 rings (SSSR count). The number of hydrogen-bond donors (Lipinski definition) is 3. The van der Waals surface area contributed by atoms with Gasteiger partial charge >= 0.3 is 0 Å². The van der Waals surface area contributed by atoms with E-state index in [1.807, 2.05) is 73.7 Å². The lowest BCUT2D eigenvalue weighted by molar-refractivity contribution is -0.113. The molecule has 40 heavy (non-hydrogen) atoms. The highest BCUT2D eigenvalue weighted by Crippen LogP contribution is 2.31. The largest absolute Gasteiger partial charge is 0.348 e. The van der Waals surface area contributed by atoms with Crippen molar-refractivity contribution >= 4 is 62.4 Å². The van der Waals surface area contributed by atoms with Gasteiger partial charge in [-0.3, -0.25) is 14.4 Å². The molecule has 7 nitrogen and oxygen atoms in total. The zero-order valence-electron chi connectivity index (χ0n) is 21.6. The number of rotatable bonds is 9. The number of anilines is 2. The molecule has 0 saturated carbocycles. The van der Waals surface area contributed by atoms with Crippen LogP contribution in [0.3, 0.4) is 0 Å². The number of carbonyl (C=O) groups is 3. The molecule has 3 N–H and O–H groups in total. The average molecular weight is 567 g/mol. The summed E-state index contributed by atoms with van der Waals surface area (Å²) in [5, 5.41) is 8.71. The van der Waals surface area contributed by atoms with Gasteiger partial charge in [0.05, 0.1) is 27.1 Å². The van der Waals surface area contributed by atoms with Gasteiger partial charge in [-0.2, -0.15) is 0 Å². The van der Waals surface area contributed by atoms with E-state index in [2.05, 4.69) is 20.9 Å². The van der Waals surface area contributed by atoms with Crippen LogP contribution in [0.5, 0.6) is 0 Å². The fourth-order valence-corrected chi connectivity index (χ4v) is 5.93. The Balaban J connectivity index is 1.22. The SMILES string of the molecule is Cc1ccccc1NC(=O)CSc1nc2ccc(NC(=O)c3ccccc3C(=O)NCc3ccccc3)cc2s1. The van der Waals surface area contributed by atoms with Gasteiger partial charge in [0.25, 0.3) is 11.8 Å². The maximum absolute atomic E-state index is 13.2. The lowest BCUT2D eigenvalue weighted by atomic mass is 10.1. The number of thiazole rings is 1. The van der Waals surface area contributed by atoms with E-state index in [4.69, 9.17) is 0 Å². The summed E-state index contributed by atoms with van der Waals surface area (Å²) in [7, 11) is 0. The first-order valence-corrected chi connectivity index (χ1v) is 14.4. The number of thioether (sulfide) groups is 1. The predicted molar refractivity (Wildman–Crippen MR) is 162 cm³/mol. The van der Waals surface area contributed by atoms with E-state index in [1.54, 1.807) is 30.3 Å². The van der Waals surface area contributed by atoms with Gasteiger partial charge in [0.2, 0.25) is 5.91 Å². The highest BCUT2D eigenvalue weighted by molar-refractivity contribution is 8.01. The van der Waals surface area contributed by atoms with Crippen molar-refractivity contribution < 1.29 is 14.4 Å². The molecule has 200 valence electrons. The van der Waals surface area contributed by atoms with Crippen LogP contribution < -0.4 is 16.0 Å². The normalized spacial score (nSPS) is 10.7. The number of nitrogens with zero attached hydrogens (tertiary/aromatic N) is 1. The van der Waals surface area contributed by atoms with Crippen molar-refractivity contribution in [2.24, 2.45) is 0 Å². The molecule has 0 aliphatic rings. The number of aromatic nitrogens is 1. The first-order valence-electron chi connectivity index (χ1n) is 12.6. The molecule has 9 heteroatoms. The molecule has 5 aromatic rings. The zero-order chi connectivity index (χ0) is 27.9. The molecule has 0 unspecified atom stereocenters. The van der Waals surface area contributed by atoms with Crippen LogP contribution in [0.15, 0.2) is 101 Å². The molecular formula is C31H26N4O3S2. The summed E-state index contributed by atoms with van der Waals surface area (Å²) < 4.78 is 1.65. The monoisotopic (exact) mass is 566 g/mol. The van der Waals surface area contributed by atoms with Crippen molar-refractivity contribution in [3.8, 4) is 0 Å². The van der Waals surface area contributed by atoms with E-state index in [0.29, 0.717) is 17.8 Å². The summed E-state index contributed by atoms with van der Waals surface area (Å²) in [5.74, 6) is -0.559. The standard InChI is InChI=1S/C31H26N4O3S2/c1-20-9-5-8-14-25(20)34-28(36)19-39-31-35-26-16-15-22(17-27(26)40-31)33-30(38)24-13-7-6-12-23(24)29(37)32-18-21-10-3-2-4-11-21/h2-17H,18-19H2,1H3,(H,32,37)(H,33,38)(H,34,36). The minimum Gasteiger partial charge on any atom is -0.348 e. The second-order valence-corrected chi connectivity index (χ2v) is 11.2. The number of hydrogen-bond acceptors (Lipinski definition) is 6. The Kier molecular flexibility index (Phi) is 8.53. The molecule has 0 saturated heterocycles. The Labute approximate surface area is 240 Å². The molecule has 0 fully saturated rings. The predicted octanol–water partition coefficient (Wildman–Crippen LogP) is 6.52. The van der Waals surface area contributed by atoms with Crippen LogP contribution >= 0.6 is 23.1 Å². The Hall–Kier alpha value is -4.47. The smallest absolute Gasteiger partial charge is 0.256 e. The highest BCUT2D eigenvalue weighted by atomic mass is 32.2. The van der Waals surface area contributed by atoms with Gasteiger partial charge < -0.3 is 16.0 Å². The third-order valence-corrected chi connectivity index (χ3v) is 8.25. The number of carbonyl (C=O) groups excluding carboxylic acids is 3. The Morgan fingerprint density at radius 3 is 2.27 bits per heavy atom. The van der Waals surface area contributed by atoms with Gasteiger partial charge in [-0.1, -0.05) is 72.4 Å².